The molecule has 1 aromatic carbocycles. The maximum Gasteiger partial charge on any atom is 0.240 e. The number of hydrogen-bond donors (Lipinski definition) is 3. The number of aliphatic hydroxyl groups is 2. The lowest BCUT2D eigenvalue weighted by Crippen LogP contribution is -2.33. The number of hydrogen-bond acceptors (Lipinski definition) is 5. The Bertz CT molecular complexity index is 509. The van der Waals surface area contributed by atoms with Gasteiger partial charge in [-0.15, -0.1) is 0 Å². The number of ketones is 1. The van der Waals surface area contributed by atoms with E-state index in [0.717, 1.165) is 0 Å². The van der Waals surface area contributed by atoms with E-state index in [1.165, 1.54) is 31.2 Å². The second-order valence-corrected chi connectivity index (χ2v) is 5.54. The molecule has 0 saturated heterocycles. The third-order valence-electron chi connectivity index (χ3n) is 2.29. The lowest BCUT2D eigenvalue weighted by molar-refractivity contribution is 0.0988. The third-order valence-corrected chi connectivity index (χ3v) is 3.73. The summed E-state index contributed by atoms with van der Waals surface area (Å²) in [6.45, 7) is 0.596. The van der Waals surface area contributed by atoms with E-state index in [-0.39, 0.29) is 17.2 Å². The number of carbonyl (C=O) groups is 1. The van der Waals surface area contributed by atoms with Crippen molar-refractivity contribution in [2.75, 3.05) is 13.2 Å². The zero-order valence-electron chi connectivity index (χ0n) is 9.83. The Kier molecular flexibility index (Phi) is 4.97. The number of Topliss-reactive ketones (excluding diaryl/α,β-unsaturated/α-hetero) is 1. The van der Waals surface area contributed by atoms with Crippen molar-refractivity contribution in [3.05, 3.63) is 29.8 Å². The molecule has 3 N–H and O–H groups in total. The van der Waals surface area contributed by atoms with Crippen molar-refractivity contribution in [1.29, 1.82) is 0 Å². The summed E-state index contributed by atoms with van der Waals surface area (Å²) in [4.78, 5) is 11.0. The molecule has 6 nitrogen and oxygen atoms in total. The Balaban J connectivity index is 2.82. The molecule has 1 atom stereocenters. The molecule has 0 spiro atoms. The normalized spacial score (nSPS) is 13.3. The van der Waals surface area contributed by atoms with Crippen molar-refractivity contribution in [2.45, 2.75) is 17.9 Å². The quantitative estimate of drug-likeness (QED) is 0.607. The van der Waals surface area contributed by atoms with Gasteiger partial charge in [0.15, 0.2) is 5.78 Å². The fourth-order valence-electron chi connectivity index (χ4n) is 1.22. The summed E-state index contributed by atoms with van der Waals surface area (Å²) in [6.07, 6.45) is -1.14. The highest BCUT2D eigenvalue weighted by Crippen LogP contribution is 2.10. The lowest BCUT2D eigenvalue weighted by atomic mass is 10.2. The standard InChI is InChI=1S/C11H15NO5S/c1-8(14)9-2-4-11(5-3-9)18(16,17)12-6-10(15)7-13/h2-5,10,12-13,15H,6-7H2,1H3. The van der Waals surface area contributed by atoms with Crippen LogP contribution in [-0.4, -0.2) is 43.7 Å². The van der Waals surface area contributed by atoms with Crippen molar-refractivity contribution in [2.24, 2.45) is 0 Å². The first-order valence-corrected chi connectivity index (χ1v) is 6.74. The molecule has 0 saturated carbocycles. The molecular formula is C11H15NO5S. The summed E-state index contributed by atoms with van der Waals surface area (Å²) in [5.41, 5.74) is 0.421. The lowest BCUT2D eigenvalue weighted by Gasteiger charge is -2.10. The molecule has 0 aliphatic heterocycles. The minimum Gasteiger partial charge on any atom is -0.394 e. The second kappa shape index (κ2) is 6.05. The van der Waals surface area contributed by atoms with Crippen LogP contribution in [0.4, 0.5) is 0 Å². The minimum atomic E-state index is -3.74. The van der Waals surface area contributed by atoms with Gasteiger partial charge in [-0.3, -0.25) is 4.79 Å². The zero-order chi connectivity index (χ0) is 13.8. The van der Waals surface area contributed by atoms with E-state index in [1.54, 1.807) is 0 Å². The summed E-state index contributed by atoms with van der Waals surface area (Å²) in [5, 5.41) is 17.6. The SMILES string of the molecule is CC(=O)c1ccc(S(=O)(=O)NCC(O)CO)cc1. The fraction of sp³-hybridized carbons (Fsp3) is 0.364. The summed E-state index contributed by atoms with van der Waals surface area (Å²) >= 11 is 0. The van der Waals surface area contributed by atoms with Gasteiger partial charge in [-0.05, 0) is 19.1 Å². The van der Waals surface area contributed by atoms with Gasteiger partial charge in [0.1, 0.15) is 0 Å². The fourth-order valence-corrected chi connectivity index (χ4v) is 2.30. The highest BCUT2D eigenvalue weighted by Gasteiger charge is 2.15. The third kappa shape index (κ3) is 3.88. The second-order valence-electron chi connectivity index (χ2n) is 3.77. The molecule has 0 aliphatic rings. The van der Waals surface area contributed by atoms with Crippen LogP contribution in [0.5, 0.6) is 0 Å². The van der Waals surface area contributed by atoms with Crippen LogP contribution in [0.25, 0.3) is 0 Å². The Labute approximate surface area is 105 Å². The monoisotopic (exact) mass is 273 g/mol. The van der Waals surface area contributed by atoms with Crippen LogP contribution in [0, 0.1) is 0 Å². The van der Waals surface area contributed by atoms with Gasteiger partial charge >= 0.3 is 0 Å². The molecule has 0 radical (unpaired) electrons. The van der Waals surface area contributed by atoms with Gasteiger partial charge in [-0.2, -0.15) is 0 Å². The minimum absolute atomic E-state index is 0.00219. The van der Waals surface area contributed by atoms with Gasteiger partial charge in [0, 0.05) is 12.1 Å². The molecule has 18 heavy (non-hydrogen) atoms. The summed E-state index contributed by atoms with van der Waals surface area (Å²) in [7, 11) is -3.74. The van der Waals surface area contributed by atoms with Crippen LogP contribution < -0.4 is 4.72 Å². The molecule has 0 heterocycles. The maximum absolute atomic E-state index is 11.7. The Morgan fingerprint density at radius 3 is 2.33 bits per heavy atom. The average Bonchev–Trinajstić information content (AvgIpc) is 2.36. The molecule has 1 aromatic rings. The van der Waals surface area contributed by atoms with Crippen LogP contribution in [0.3, 0.4) is 0 Å². The van der Waals surface area contributed by atoms with Gasteiger partial charge in [0.2, 0.25) is 10.0 Å². The van der Waals surface area contributed by atoms with Crippen molar-refractivity contribution < 1.29 is 23.4 Å². The molecule has 7 heteroatoms. The van der Waals surface area contributed by atoms with Crippen LogP contribution in [-0.2, 0) is 10.0 Å². The van der Waals surface area contributed by atoms with Gasteiger partial charge < -0.3 is 10.2 Å². The first kappa shape index (κ1) is 14.8. The van der Waals surface area contributed by atoms with Crippen molar-refractivity contribution in [1.82, 2.24) is 4.72 Å². The predicted octanol–water partition coefficient (Wildman–Crippen LogP) is -0.479. The summed E-state index contributed by atoms with van der Waals surface area (Å²) < 4.78 is 25.6. The van der Waals surface area contributed by atoms with Crippen LogP contribution in [0.1, 0.15) is 17.3 Å². The Morgan fingerprint density at radius 1 is 1.33 bits per heavy atom. The highest BCUT2D eigenvalue weighted by molar-refractivity contribution is 7.89. The van der Waals surface area contributed by atoms with E-state index in [4.69, 9.17) is 10.2 Å². The maximum atomic E-state index is 11.7. The molecule has 1 unspecified atom stereocenters. The van der Waals surface area contributed by atoms with Gasteiger partial charge in [-0.1, -0.05) is 12.1 Å². The topological polar surface area (TPSA) is 104 Å². The predicted molar refractivity (Wildman–Crippen MR) is 64.7 cm³/mol. The summed E-state index contributed by atoms with van der Waals surface area (Å²) in [6, 6.07) is 5.45. The summed E-state index contributed by atoms with van der Waals surface area (Å²) in [5.74, 6) is -0.150. The molecule has 1 rings (SSSR count). The average molecular weight is 273 g/mol. The molecule has 0 aromatic heterocycles. The number of aliphatic hydroxyl groups excluding tert-OH is 2. The van der Waals surface area contributed by atoms with Gasteiger partial charge in [0.05, 0.1) is 17.6 Å². The largest absolute Gasteiger partial charge is 0.394 e. The van der Waals surface area contributed by atoms with Crippen LogP contribution in [0.2, 0.25) is 0 Å². The van der Waals surface area contributed by atoms with Crippen molar-refractivity contribution in [3.63, 3.8) is 0 Å². The highest BCUT2D eigenvalue weighted by atomic mass is 32.2. The molecule has 0 amide bonds. The Morgan fingerprint density at radius 2 is 1.89 bits per heavy atom. The zero-order valence-corrected chi connectivity index (χ0v) is 10.6. The number of benzene rings is 1. The molecule has 0 bridgehead atoms. The Hall–Kier alpha value is -1.28. The number of nitrogens with one attached hydrogen (secondary N) is 1. The van der Waals surface area contributed by atoms with Gasteiger partial charge in [0.25, 0.3) is 0 Å². The number of carbonyl (C=O) groups excluding carboxylic acids is 1. The van der Waals surface area contributed by atoms with Crippen molar-refractivity contribution in [3.8, 4) is 0 Å². The van der Waals surface area contributed by atoms with E-state index >= 15 is 0 Å². The first-order chi connectivity index (χ1) is 8.36. The van der Waals surface area contributed by atoms with Crippen LogP contribution >= 0.6 is 0 Å². The van der Waals surface area contributed by atoms with Crippen LogP contribution in [0.15, 0.2) is 29.2 Å². The van der Waals surface area contributed by atoms with E-state index in [2.05, 4.69) is 4.72 Å². The first-order valence-electron chi connectivity index (χ1n) is 5.26. The van der Waals surface area contributed by atoms with Gasteiger partial charge in [-0.25, -0.2) is 13.1 Å². The van der Waals surface area contributed by atoms with Crippen molar-refractivity contribution >= 4 is 15.8 Å². The molecule has 0 fully saturated rings. The number of sulfonamides is 1. The molecule has 100 valence electrons. The van der Waals surface area contributed by atoms with E-state index in [1.807, 2.05) is 0 Å². The van der Waals surface area contributed by atoms with E-state index in [0.29, 0.717) is 5.56 Å². The smallest absolute Gasteiger partial charge is 0.240 e. The molecular weight excluding hydrogens is 258 g/mol. The van der Waals surface area contributed by atoms with E-state index < -0.39 is 22.7 Å². The van der Waals surface area contributed by atoms with E-state index in [9.17, 15) is 13.2 Å². The number of rotatable bonds is 6. The molecule has 0 aliphatic carbocycles.